The lowest BCUT2D eigenvalue weighted by atomic mass is 9.87. The number of hydrogen-bond donors (Lipinski definition) is 3. The van der Waals surface area contributed by atoms with Crippen molar-refractivity contribution < 1.29 is 14.6 Å². The summed E-state index contributed by atoms with van der Waals surface area (Å²) in [5.41, 5.74) is 1.22. The van der Waals surface area contributed by atoms with Crippen molar-refractivity contribution in [3.8, 4) is 5.75 Å². The highest BCUT2D eigenvalue weighted by Crippen LogP contribution is 2.23. The van der Waals surface area contributed by atoms with Gasteiger partial charge in [-0.2, -0.15) is 0 Å². The van der Waals surface area contributed by atoms with Gasteiger partial charge in [0.1, 0.15) is 5.75 Å². The number of ether oxygens (including phenoxy) is 1. The first kappa shape index (κ1) is 18.6. The van der Waals surface area contributed by atoms with Crippen molar-refractivity contribution in [3.05, 3.63) is 29.8 Å². The van der Waals surface area contributed by atoms with Crippen LogP contribution in [0.5, 0.6) is 5.75 Å². The second-order valence-corrected chi connectivity index (χ2v) is 6.69. The topological polar surface area (TPSA) is 70.6 Å². The maximum atomic E-state index is 11.7. The molecule has 0 aliphatic heterocycles. The molecule has 2 amide bonds. The first-order valence-electron chi connectivity index (χ1n) is 9.02. The third kappa shape index (κ3) is 7.21. The van der Waals surface area contributed by atoms with E-state index in [1.165, 1.54) is 5.56 Å². The number of benzene rings is 1. The normalized spacial score (nSPS) is 20.4. The molecule has 24 heavy (non-hydrogen) atoms. The van der Waals surface area contributed by atoms with Crippen molar-refractivity contribution in [3.63, 3.8) is 0 Å². The third-order valence-corrected chi connectivity index (χ3v) is 4.45. The van der Waals surface area contributed by atoms with Crippen LogP contribution in [0.4, 0.5) is 4.79 Å². The van der Waals surface area contributed by atoms with Crippen molar-refractivity contribution >= 4 is 6.03 Å². The number of hydrogen-bond acceptors (Lipinski definition) is 3. The van der Waals surface area contributed by atoms with Gasteiger partial charge in [0.15, 0.2) is 0 Å². The fourth-order valence-electron chi connectivity index (χ4n) is 3.00. The van der Waals surface area contributed by atoms with Crippen molar-refractivity contribution in [2.45, 2.75) is 51.6 Å². The van der Waals surface area contributed by atoms with E-state index in [1.54, 1.807) is 0 Å². The third-order valence-electron chi connectivity index (χ3n) is 4.45. The van der Waals surface area contributed by atoms with Crippen LogP contribution in [0.2, 0.25) is 0 Å². The summed E-state index contributed by atoms with van der Waals surface area (Å²) in [6, 6.07) is 7.90. The summed E-state index contributed by atoms with van der Waals surface area (Å²) in [4.78, 5) is 11.7. The summed E-state index contributed by atoms with van der Waals surface area (Å²) in [7, 11) is 0. The molecule has 0 heterocycles. The van der Waals surface area contributed by atoms with E-state index in [2.05, 4.69) is 17.6 Å². The summed E-state index contributed by atoms with van der Waals surface area (Å²) >= 11 is 0. The average Bonchev–Trinajstić information content (AvgIpc) is 2.58. The molecule has 0 spiro atoms. The Morgan fingerprint density at radius 3 is 2.75 bits per heavy atom. The molecule has 1 fully saturated rings. The molecule has 1 saturated carbocycles. The largest absolute Gasteiger partial charge is 0.494 e. The lowest BCUT2D eigenvalue weighted by Gasteiger charge is -2.25. The molecular weight excluding hydrogens is 304 g/mol. The molecule has 0 bridgehead atoms. The van der Waals surface area contributed by atoms with Crippen LogP contribution in [0.3, 0.4) is 0 Å². The van der Waals surface area contributed by atoms with Gasteiger partial charge in [0.2, 0.25) is 0 Å². The minimum absolute atomic E-state index is 0.116. The summed E-state index contributed by atoms with van der Waals surface area (Å²) < 4.78 is 5.65. The molecule has 1 aromatic carbocycles. The lowest BCUT2D eigenvalue weighted by molar-refractivity contribution is 0.101. The second-order valence-electron chi connectivity index (χ2n) is 6.69. The molecule has 0 aromatic heterocycles. The molecule has 1 aromatic rings. The predicted octanol–water partition coefficient (Wildman–Crippen LogP) is 3.00. The van der Waals surface area contributed by atoms with E-state index in [0.717, 1.165) is 44.3 Å². The van der Waals surface area contributed by atoms with Crippen LogP contribution in [0.15, 0.2) is 24.3 Å². The molecule has 5 nitrogen and oxygen atoms in total. The standard InChI is InChI=1S/C19H30N2O3/c1-15-7-9-18(10-8-15)24-12-3-2-11-20-19(23)21-14-16-5-4-6-17(22)13-16/h7-10,16-17,22H,2-6,11-14H2,1H3,(H2,20,21,23). The molecule has 2 unspecified atom stereocenters. The quantitative estimate of drug-likeness (QED) is 0.640. The number of aliphatic hydroxyl groups is 1. The van der Waals surface area contributed by atoms with Gasteiger partial charge in [0.25, 0.3) is 0 Å². The van der Waals surface area contributed by atoms with E-state index < -0.39 is 0 Å². The maximum Gasteiger partial charge on any atom is 0.314 e. The van der Waals surface area contributed by atoms with Gasteiger partial charge in [-0.05, 0) is 57.1 Å². The molecule has 0 saturated heterocycles. The van der Waals surface area contributed by atoms with Gasteiger partial charge in [-0.25, -0.2) is 4.79 Å². The summed E-state index contributed by atoms with van der Waals surface area (Å²) in [6.45, 7) is 4.01. The minimum Gasteiger partial charge on any atom is -0.494 e. The molecule has 134 valence electrons. The highest BCUT2D eigenvalue weighted by atomic mass is 16.5. The SMILES string of the molecule is Cc1ccc(OCCCCNC(=O)NCC2CCCC(O)C2)cc1. The number of aliphatic hydroxyl groups excluding tert-OH is 1. The van der Waals surface area contributed by atoms with Crippen molar-refractivity contribution in [2.24, 2.45) is 5.92 Å². The molecule has 2 rings (SSSR count). The Morgan fingerprint density at radius 2 is 2.00 bits per heavy atom. The van der Waals surface area contributed by atoms with Crippen LogP contribution in [0.25, 0.3) is 0 Å². The van der Waals surface area contributed by atoms with Crippen LogP contribution in [-0.4, -0.2) is 36.9 Å². The zero-order chi connectivity index (χ0) is 17.2. The van der Waals surface area contributed by atoms with E-state index in [0.29, 0.717) is 25.6 Å². The van der Waals surface area contributed by atoms with Crippen LogP contribution in [-0.2, 0) is 0 Å². The van der Waals surface area contributed by atoms with Gasteiger partial charge in [-0.3, -0.25) is 0 Å². The zero-order valence-corrected chi connectivity index (χ0v) is 14.6. The van der Waals surface area contributed by atoms with E-state index in [-0.39, 0.29) is 12.1 Å². The number of amides is 2. The lowest BCUT2D eigenvalue weighted by Crippen LogP contribution is -2.40. The summed E-state index contributed by atoms with van der Waals surface area (Å²) in [6.07, 6.45) is 5.44. The first-order valence-corrected chi connectivity index (χ1v) is 9.02. The first-order chi connectivity index (χ1) is 11.6. The highest BCUT2D eigenvalue weighted by Gasteiger charge is 2.20. The Morgan fingerprint density at radius 1 is 1.21 bits per heavy atom. The predicted molar refractivity (Wildman–Crippen MR) is 95.3 cm³/mol. The van der Waals surface area contributed by atoms with Gasteiger partial charge in [-0.1, -0.05) is 24.1 Å². The maximum absolute atomic E-state index is 11.7. The number of aryl methyl sites for hydroxylation is 1. The minimum atomic E-state index is -0.192. The van der Waals surface area contributed by atoms with Crippen molar-refractivity contribution in [1.82, 2.24) is 10.6 Å². The number of carbonyl (C=O) groups excluding carboxylic acids is 1. The van der Waals surface area contributed by atoms with E-state index in [1.807, 2.05) is 24.3 Å². The highest BCUT2D eigenvalue weighted by molar-refractivity contribution is 5.73. The van der Waals surface area contributed by atoms with Crippen molar-refractivity contribution in [1.29, 1.82) is 0 Å². The van der Waals surface area contributed by atoms with Gasteiger partial charge in [0, 0.05) is 13.1 Å². The van der Waals surface area contributed by atoms with E-state index in [4.69, 9.17) is 4.74 Å². The van der Waals surface area contributed by atoms with Crippen LogP contribution in [0.1, 0.15) is 44.1 Å². The Labute approximate surface area is 144 Å². The monoisotopic (exact) mass is 334 g/mol. The molecule has 0 radical (unpaired) electrons. The second kappa shape index (κ2) is 10.2. The van der Waals surface area contributed by atoms with E-state index in [9.17, 15) is 9.90 Å². The van der Waals surface area contributed by atoms with Gasteiger partial charge in [-0.15, -0.1) is 0 Å². The number of unbranched alkanes of at least 4 members (excludes halogenated alkanes) is 1. The fourth-order valence-corrected chi connectivity index (χ4v) is 3.00. The summed E-state index contributed by atoms with van der Waals surface area (Å²) in [5, 5.41) is 15.4. The van der Waals surface area contributed by atoms with Gasteiger partial charge in [0.05, 0.1) is 12.7 Å². The molecule has 2 atom stereocenters. The molecule has 3 N–H and O–H groups in total. The summed E-state index contributed by atoms with van der Waals surface area (Å²) in [5.74, 6) is 1.29. The molecule has 5 heteroatoms. The Kier molecular flexibility index (Phi) is 7.89. The zero-order valence-electron chi connectivity index (χ0n) is 14.6. The average molecular weight is 334 g/mol. The number of rotatable bonds is 8. The Balaban J connectivity index is 1.46. The van der Waals surface area contributed by atoms with Crippen LogP contribution in [0, 0.1) is 12.8 Å². The Bertz CT molecular complexity index is 490. The smallest absolute Gasteiger partial charge is 0.314 e. The molecular formula is C19H30N2O3. The van der Waals surface area contributed by atoms with Gasteiger partial charge < -0.3 is 20.5 Å². The number of nitrogens with one attached hydrogen (secondary N) is 2. The molecule has 1 aliphatic rings. The fraction of sp³-hybridized carbons (Fsp3) is 0.632. The van der Waals surface area contributed by atoms with Crippen LogP contribution < -0.4 is 15.4 Å². The Hall–Kier alpha value is -1.75. The number of urea groups is 1. The van der Waals surface area contributed by atoms with Gasteiger partial charge >= 0.3 is 6.03 Å². The van der Waals surface area contributed by atoms with E-state index >= 15 is 0 Å². The molecule has 1 aliphatic carbocycles. The van der Waals surface area contributed by atoms with Crippen LogP contribution >= 0.6 is 0 Å². The number of carbonyl (C=O) groups is 1. The van der Waals surface area contributed by atoms with Crippen molar-refractivity contribution in [2.75, 3.05) is 19.7 Å².